The number of carbonyl (C=O) groups excluding carboxylic acids is 1. The summed E-state index contributed by atoms with van der Waals surface area (Å²) < 4.78 is 6.57. The quantitative estimate of drug-likeness (QED) is 0.809. The van der Waals surface area contributed by atoms with Gasteiger partial charge in [0.25, 0.3) is 0 Å². The van der Waals surface area contributed by atoms with E-state index in [0.29, 0.717) is 0 Å². The van der Waals surface area contributed by atoms with Crippen LogP contribution in [0, 0.1) is 0 Å². The van der Waals surface area contributed by atoms with Crippen molar-refractivity contribution in [2.24, 2.45) is 0 Å². The van der Waals surface area contributed by atoms with Crippen LogP contribution in [-0.4, -0.2) is 41.4 Å². The summed E-state index contributed by atoms with van der Waals surface area (Å²) in [7, 11) is 3.52. The first-order valence-corrected chi connectivity index (χ1v) is 7.45. The fourth-order valence-electron chi connectivity index (χ4n) is 2.55. The molecule has 0 fully saturated rings. The van der Waals surface area contributed by atoms with Crippen molar-refractivity contribution >= 4 is 17.3 Å². The molecule has 6 heteroatoms. The molecule has 0 saturated heterocycles. The second-order valence-electron chi connectivity index (χ2n) is 4.97. The molecule has 0 bridgehead atoms. The summed E-state index contributed by atoms with van der Waals surface area (Å²) in [4.78, 5) is 15.0. The van der Waals surface area contributed by atoms with Gasteiger partial charge in [-0.3, -0.25) is 9.48 Å². The van der Waals surface area contributed by atoms with Gasteiger partial charge in [-0.15, -0.1) is 11.3 Å². The van der Waals surface area contributed by atoms with Crippen molar-refractivity contribution in [2.75, 3.05) is 20.7 Å². The van der Waals surface area contributed by atoms with Gasteiger partial charge in [0.05, 0.1) is 12.0 Å². The molecule has 3 heterocycles. The van der Waals surface area contributed by atoms with Crippen molar-refractivity contribution in [1.82, 2.24) is 14.7 Å². The maximum Gasteiger partial charge on any atom is 0.327 e. The Morgan fingerprint density at radius 1 is 1.55 bits per heavy atom. The van der Waals surface area contributed by atoms with Crippen LogP contribution in [0.4, 0.5) is 0 Å². The average molecular weight is 291 g/mol. The Morgan fingerprint density at radius 3 is 3.10 bits per heavy atom. The molecule has 0 unspecified atom stereocenters. The summed E-state index contributed by atoms with van der Waals surface area (Å²) in [6.45, 7) is 2.06. The number of hydrogen-bond acceptors (Lipinski definition) is 5. The van der Waals surface area contributed by atoms with Crippen molar-refractivity contribution in [2.45, 2.75) is 19.5 Å². The standard InChI is InChI=1S/C14H17N3O2S/c1-16-6-5-11-10(8-16)14(12-4-3-7-20-12)15-17(11)9-13(18)19-2/h3-4,7H,5-6,8-9H2,1-2H3. The zero-order valence-corrected chi connectivity index (χ0v) is 12.4. The molecule has 1 aliphatic rings. The van der Waals surface area contributed by atoms with Crippen LogP contribution >= 0.6 is 11.3 Å². The Hall–Kier alpha value is -1.66. The monoisotopic (exact) mass is 291 g/mol. The van der Waals surface area contributed by atoms with Gasteiger partial charge in [-0.2, -0.15) is 5.10 Å². The summed E-state index contributed by atoms with van der Waals surface area (Å²) in [6, 6.07) is 4.10. The molecule has 0 amide bonds. The Labute approximate surface area is 121 Å². The zero-order chi connectivity index (χ0) is 14.1. The topological polar surface area (TPSA) is 47.4 Å². The highest BCUT2D eigenvalue weighted by atomic mass is 32.1. The smallest absolute Gasteiger partial charge is 0.327 e. The Balaban J connectivity index is 2.04. The molecular weight excluding hydrogens is 274 g/mol. The minimum Gasteiger partial charge on any atom is -0.468 e. The van der Waals surface area contributed by atoms with Gasteiger partial charge in [0.2, 0.25) is 0 Å². The van der Waals surface area contributed by atoms with Gasteiger partial charge < -0.3 is 9.64 Å². The van der Waals surface area contributed by atoms with Crippen molar-refractivity contribution < 1.29 is 9.53 Å². The third-order valence-electron chi connectivity index (χ3n) is 3.59. The number of ether oxygens (including phenoxy) is 1. The molecule has 0 radical (unpaired) electrons. The zero-order valence-electron chi connectivity index (χ0n) is 11.6. The molecule has 2 aromatic rings. The molecule has 1 aliphatic heterocycles. The van der Waals surface area contributed by atoms with Crippen LogP contribution in [-0.2, 0) is 29.0 Å². The Morgan fingerprint density at radius 2 is 2.40 bits per heavy atom. The summed E-state index contributed by atoms with van der Waals surface area (Å²) in [5.74, 6) is -0.257. The third kappa shape index (κ3) is 2.36. The number of thiophene rings is 1. The van der Waals surface area contributed by atoms with Gasteiger partial charge in [0.15, 0.2) is 0 Å². The SMILES string of the molecule is COC(=O)Cn1nc(-c2cccs2)c2c1CCN(C)C2. The molecule has 0 atom stereocenters. The molecule has 3 rings (SSSR count). The van der Waals surface area contributed by atoms with Crippen LogP contribution in [0.5, 0.6) is 0 Å². The number of aromatic nitrogens is 2. The first kappa shape index (κ1) is 13.3. The van der Waals surface area contributed by atoms with Gasteiger partial charge in [-0.25, -0.2) is 0 Å². The van der Waals surface area contributed by atoms with Crippen LogP contribution in [0.15, 0.2) is 17.5 Å². The number of hydrogen-bond donors (Lipinski definition) is 0. The number of rotatable bonds is 3. The van der Waals surface area contributed by atoms with Crippen molar-refractivity contribution in [3.8, 4) is 10.6 Å². The van der Waals surface area contributed by atoms with Crippen molar-refractivity contribution in [1.29, 1.82) is 0 Å². The second kappa shape index (κ2) is 5.38. The maximum absolute atomic E-state index is 11.5. The van der Waals surface area contributed by atoms with E-state index in [1.807, 2.05) is 16.1 Å². The van der Waals surface area contributed by atoms with E-state index in [2.05, 4.69) is 23.1 Å². The number of fused-ring (bicyclic) bond motifs is 1. The lowest BCUT2D eigenvalue weighted by atomic mass is 10.0. The number of likely N-dealkylation sites (N-methyl/N-ethyl adjacent to an activating group) is 1. The molecule has 0 aromatic carbocycles. The Kier molecular flexibility index (Phi) is 3.58. The van der Waals surface area contributed by atoms with Crippen LogP contribution in [0.1, 0.15) is 11.3 Å². The number of esters is 1. The molecular formula is C14H17N3O2S. The minimum atomic E-state index is -0.257. The largest absolute Gasteiger partial charge is 0.468 e. The lowest BCUT2D eigenvalue weighted by molar-refractivity contribution is -0.141. The number of carbonyl (C=O) groups is 1. The molecule has 0 N–H and O–H groups in total. The first-order valence-electron chi connectivity index (χ1n) is 6.57. The summed E-state index contributed by atoms with van der Waals surface area (Å²) >= 11 is 1.68. The number of methoxy groups -OCH3 is 1. The average Bonchev–Trinajstić information content (AvgIpc) is 3.06. The van der Waals surface area contributed by atoms with E-state index in [1.54, 1.807) is 11.3 Å². The maximum atomic E-state index is 11.5. The fourth-order valence-corrected chi connectivity index (χ4v) is 3.29. The lowest BCUT2D eigenvalue weighted by Gasteiger charge is -2.23. The molecule has 20 heavy (non-hydrogen) atoms. The van der Waals surface area contributed by atoms with E-state index in [0.717, 1.165) is 35.8 Å². The molecule has 5 nitrogen and oxygen atoms in total. The third-order valence-corrected chi connectivity index (χ3v) is 4.46. The number of nitrogens with zero attached hydrogens (tertiary/aromatic N) is 3. The summed E-state index contributed by atoms with van der Waals surface area (Å²) in [5, 5.41) is 6.71. The van der Waals surface area contributed by atoms with Crippen LogP contribution in [0.2, 0.25) is 0 Å². The highest BCUT2D eigenvalue weighted by molar-refractivity contribution is 7.13. The molecule has 0 spiro atoms. The predicted octanol–water partition coefficient (Wildman–Crippen LogP) is 1.77. The second-order valence-corrected chi connectivity index (χ2v) is 5.92. The van der Waals surface area contributed by atoms with E-state index in [1.165, 1.54) is 12.7 Å². The summed E-state index contributed by atoms with van der Waals surface area (Å²) in [5.41, 5.74) is 3.41. The van der Waals surface area contributed by atoms with Gasteiger partial charge in [0.1, 0.15) is 12.2 Å². The molecule has 106 valence electrons. The van der Waals surface area contributed by atoms with Gasteiger partial charge in [-0.1, -0.05) is 6.07 Å². The van der Waals surface area contributed by atoms with E-state index in [4.69, 9.17) is 4.74 Å². The Bertz CT molecular complexity index is 619. The van der Waals surface area contributed by atoms with Crippen LogP contribution in [0.3, 0.4) is 0 Å². The van der Waals surface area contributed by atoms with Gasteiger partial charge in [-0.05, 0) is 18.5 Å². The van der Waals surface area contributed by atoms with E-state index in [9.17, 15) is 4.79 Å². The normalized spacial score (nSPS) is 15.1. The van der Waals surface area contributed by atoms with E-state index in [-0.39, 0.29) is 12.5 Å². The molecule has 2 aromatic heterocycles. The predicted molar refractivity (Wildman–Crippen MR) is 77.6 cm³/mol. The van der Waals surface area contributed by atoms with Crippen molar-refractivity contribution in [3.05, 3.63) is 28.8 Å². The minimum absolute atomic E-state index is 0.188. The fraction of sp³-hybridized carbons (Fsp3) is 0.429. The first-order chi connectivity index (χ1) is 9.69. The van der Waals surface area contributed by atoms with E-state index < -0.39 is 0 Å². The van der Waals surface area contributed by atoms with Crippen molar-refractivity contribution in [3.63, 3.8) is 0 Å². The highest BCUT2D eigenvalue weighted by Crippen LogP contribution is 2.32. The molecule has 0 aliphatic carbocycles. The highest BCUT2D eigenvalue weighted by Gasteiger charge is 2.25. The van der Waals surface area contributed by atoms with Crippen LogP contribution in [0.25, 0.3) is 10.6 Å². The van der Waals surface area contributed by atoms with Gasteiger partial charge in [0, 0.05) is 30.8 Å². The van der Waals surface area contributed by atoms with E-state index >= 15 is 0 Å². The lowest BCUT2D eigenvalue weighted by Crippen LogP contribution is -2.28. The summed E-state index contributed by atoms with van der Waals surface area (Å²) in [6.07, 6.45) is 0.918. The molecule has 0 saturated carbocycles. The van der Waals surface area contributed by atoms with Crippen LogP contribution < -0.4 is 0 Å². The van der Waals surface area contributed by atoms with Gasteiger partial charge >= 0.3 is 5.97 Å².